The highest BCUT2D eigenvalue weighted by molar-refractivity contribution is 5.94. The van der Waals surface area contributed by atoms with Crippen molar-refractivity contribution in [3.8, 4) is 5.75 Å². The number of fused-ring (bicyclic) bond motifs is 1. The summed E-state index contributed by atoms with van der Waals surface area (Å²) in [6, 6.07) is 11.7. The Morgan fingerprint density at radius 1 is 1.19 bits per heavy atom. The van der Waals surface area contributed by atoms with Crippen LogP contribution in [0.2, 0.25) is 0 Å². The molecule has 0 aliphatic rings. The van der Waals surface area contributed by atoms with Gasteiger partial charge in [0.15, 0.2) is 11.0 Å². The maximum atomic E-state index is 5.82. The van der Waals surface area contributed by atoms with Crippen molar-refractivity contribution in [2.45, 2.75) is 6.42 Å². The number of nitrogens with zero attached hydrogens (tertiary/aromatic N) is 2. The van der Waals surface area contributed by atoms with Crippen LogP contribution in [-0.2, 0) is 6.42 Å². The Kier molecular flexibility index (Phi) is 3.59. The quantitative estimate of drug-likeness (QED) is 0.700. The number of ether oxygens (including phenoxy) is 1. The number of methoxy groups -OCH3 is 1. The first-order chi connectivity index (χ1) is 10.3. The van der Waals surface area contributed by atoms with Gasteiger partial charge >= 0.3 is 0 Å². The van der Waals surface area contributed by atoms with E-state index in [1.54, 1.807) is 13.2 Å². The van der Waals surface area contributed by atoms with Gasteiger partial charge in [-0.15, -0.1) is 0 Å². The van der Waals surface area contributed by atoms with Crippen LogP contribution in [0.15, 0.2) is 41.0 Å². The van der Waals surface area contributed by atoms with Gasteiger partial charge in [-0.3, -0.25) is 0 Å². The fourth-order valence-electron chi connectivity index (χ4n) is 2.20. The zero-order chi connectivity index (χ0) is 14.7. The molecule has 0 aliphatic heterocycles. The van der Waals surface area contributed by atoms with Gasteiger partial charge < -0.3 is 15.8 Å². The molecule has 0 aliphatic carbocycles. The number of benzene rings is 2. The van der Waals surface area contributed by atoms with E-state index in [2.05, 4.69) is 21.7 Å². The molecular formula is C15H16N4O2. The molecule has 0 bridgehead atoms. The summed E-state index contributed by atoms with van der Waals surface area (Å²) < 4.78 is 9.96. The van der Waals surface area contributed by atoms with Gasteiger partial charge in [-0.05, 0) is 46.6 Å². The second kappa shape index (κ2) is 5.70. The van der Waals surface area contributed by atoms with Crippen molar-refractivity contribution < 1.29 is 9.37 Å². The molecule has 2 aromatic carbocycles. The Morgan fingerprint density at radius 2 is 2.05 bits per heavy atom. The lowest BCUT2D eigenvalue weighted by molar-refractivity contribution is 0.316. The minimum atomic E-state index is 0.560. The molecule has 0 unspecified atom stereocenters. The fraction of sp³-hybridized carbons (Fsp3) is 0.200. The van der Waals surface area contributed by atoms with Crippen LogP contribution in [0.1, 0.15) is 5.56 Å². The van der Waals surface area contributed by atoms with Gasteiger partial charge in [-0.1, -0.05) is 12.1 Å². The van der Waals surface area contributed by atoms with Crippen molar-refractivity contribution in [1.82, 2.24) is 10.3 Å². The first-order valence-corrected chi connectivity index (χ1v) is 6.65. The molecule has 0 spiro atoms. The number of aromatic nitrogens is 2. The monoisotopic (exact) mass is 284 g/mol. The molecule has 0 saturated heterocycles. The number of hydrogen-bond acceptors (Lipinski definition) is 6. The number of rotatable bonds is 5. The molecule has 0 fully saturated rings. The number of nitrogens with two attached hydrogens (primary N) is 1. The summed E-state index contributed by atoms with van der Waals surface area (Å²) in [5.74, 6) is 0.864. The van der Waals surface area contributed by atoms with Crippen molar-refractivity contribution in [1.29, 1.82) is 0 Å². The van der Waals surface area contributed by atoms with Crippen LogP contribution in [0.4, 0.5) is 11.4 Å². The van der Waals surface area contributed by atoms with Gasteiger partial charge in [-0.2, -0.15) is 0 Å². The molecule has 3 N–H and O–H groups in total. The summed E-state index contributed by atoms with van der Waals surface area (Å²) in [7, 11) is 1.67. The van der Waals surface area contributed by atoms with Crippen molar-refractivity contribution in [2.75, 3.05) is 24.7 Å². The highest BCUT2D eigenvalue weighted by atomic mass is 16.6. The lowest BCUT2D eigenvalue weighted by atomic mass is 10.1. The average Bonchev–Trinajstić information content (AvgIpc) is 3.00. The average molecular weight is 284 g/mol. The molecule has 108 valence electrons. The predicted octanol–water partition coefficient (Wildman–Crippen LogP) is 2.47. The van der Waals surface area contributed by atoms with Crippen LogP contribution in [0.25, 0.3) is 11.0 Å². The van der Waals surface area contributed by atoms with Gasteiger partial charge in [0.25, 0.3) is 0 Å². The molecule has 0 radical (unpaired) electrons. The molecule has 3 rings (SSSR count). The summed E-state index contributed by atoms with van der Waals surface area (Å²) >= 11 is 0. The molecule has 3 aromatic rings. The van der Waals surface area contributed by atoms with E-state index in [1.807, 2.05) is 24.3 Å². The normalized spacial score (nSPS) is 10.7. The van der Waals surface area contributed by atoms with E-state index in [4.69, 9.17) is 15.1 Å². The minimum Gasteiger partial charge on any atom is -0.497 e. The molecule has 0 atom stereocenters. The first kappa shape index (κ1) is 13.2. The van der Waals surface area contributed by atoms with Crippen molar-refractivity contribution in [3.05, 3.63) is 42.0 Å². The second-order valence-electron chi connectivity index (χ2n) is 4.69. The molecule has 0 amide bonds. The summed E-state index contributed by atoms with van der Waals surface area (Å²) in [6.45, 7) is 0.763. The van der Waals surface area contributed by atoms with E-state index in [0.29, 0.717) is 16.7 Å². The van der Waals surface area contributed by atoms with Crippen molar-refractivity contribution in [3.63, 3.8) is 0 Å². The standard InChI is InChI=1S/C15H16N4O2/c1-20-11-4-2-3-10(9-11)7-8-17-13-6-5-12(16)14-15(13)19-21-18-14/h2-6,9,17H,7-8,16H2,1H3. The van der Waals surface area contributed by atoms with Crippen LogP contribution in [0.5, 0.6) is 5.75 Å². The maximum Gasteiger partial charge on any atom is 0.160 e. The van der Waals surface area contributed by atoms with E-state index < -0.39 is 0 Å². The van der Waals surface area contributed by atoms with Crippen LogP contribution >= 0.6 is 0 Å². The van der Waals surface area contributed by atoms with Gasteiger partial charge in [0.1, 0.15) is 5.75 Å². The maximum absolute atomic E-state index is 5.82. The molecule has 6 heteroatoms. The molecular weight excluding hydrogens is 268 g/mol. The number of hydrogen-bond donors (Lipinski definition) is 2. The Balaban J connectivity index is 1.69. The third-order valence-electron chi connectivity index (χ3n) is 3.31. The van der Waals surface area contributed by atoms with Gasteiger partial charge in [0.05, 0.1) is 18.5 Å². The minimum absolute atomic E-state index is 0.560. The van der Waals surface area contributed by atoms with Crippen LogP contribution in [0.3, 0.4) is 0 Å². The highest BCUT2D eigenvalue weighted by Gasteiger charge is 2.09. The fourth-order valence-corrected chi connectivity index (χ4v) is 2.20. The zero-order valence-electron chi connectivity index (χ0n) is 11.7. The van der Waals surface area contributed by atoms with E-state index in [0.717, 1.165) is 24.4 Å². The number of anilines is 2. The third-order valence-corrected chi connectivity index (χ3v) is 3.31. The van der Waals surface area contributed by atoms with Gasteiger partial charge in [-0.25, -0.2) is 4.63 Å². The predicted molar refractivity (Wildman–Crippen MR) is 81.4 cm³/mol. The molecule has 1 heterocycles. The molecule has 6 nitrogen and oxygen atoms in total. The number of nitrogens with one attached hydrogen (secondary N) is 1. The van der Waals surface area contributed by atoms with Crippen LogP contribution < -0.4 is 15.8 Å². The number of nitrogen functional groups attached to an aromatic ring is 1. The lowest BCUT2D eigenvalue weighted by Crippen LogP contribution is -2.05. The summed E-state index contributed by atoms with van der Waals surface area (Å²) in [5.41, 5.74) is 9.68. The lowest BCUT2D eigenvalue weighted by Gasteiger charge is -2.08. The van der Waals surface area contributed by atoms with E-state index in [-0.39, 0.29) is 0 Å². The zero-order valence-corrected chi connectivity index (χ0v) is 11.7. The van der Waals surface area contributed by atoms with Crippen LogP contribution in [-0.4, -0.2) is 24.0 Å². The molecule has 21 heavy (non-hydrogen) atoms. The van der Waals surface area contributed by atoms with Gasteiger partial charge in [0, 0.05) is 6.54 Å². The topological polar surface area (TPSA) is 86.2 Å². The smallest absolute Gasteiger partial charge is 0.160 e. The Hall–Kier alpha value is -2.76. The first-order valence-electron chi connectivity index (χ1n) is 6.65. The van der Waals surface area contributed by atoms with E-state index >= 15 is 0 Å². The summed E-state index contributed by atoms with van der Waals surface area (Å²) in [4.78, 5) is 0. The Bertz CT molecular complexity index is 754. The second-order valence-corrected chi connectivity index (χ2v) is 4.69. The summed E-state index contributed by atoms with van der Waals surface area (Å²) in [6.07, 6.45) is 0.869. The largest absolute Gasteiger partial charge is 0.497 e. The van der Waals surface area contributed by atoms with Gasteiger partial charge in [0.2, 0.25) is 0 Å². The highest BCUT2D eigenvalue weighted by Crippen LogP contribution is 2.25. The Morgan fingerprint density at radius 3 is 2.90 bits per heavy atom. The van der Waals surface area contributed by atoms with Crippen molar-refractivity contribution >= 4 is 22.4 Å². The Labute approximate surface area is 121 Å². The molecule has 0 saturated carbocycles. The molecule has 1 aromatic heterocycles. The third kappa shape index (κ3) is 2.74. The van der Waals surface area contributed by atoms with Crippen LogP contribution in [0, 0.1) is 0 Å². The van der Waals surface area contributed by atoms with Crippen molar-refractivity contribution in [2.24, 2.45) is 0 Å². The van der Waals surface area contributed by atoms with E-state index in [9.17, 15) is 0 Å². The summed E-state index contributed by atoms with van der Waals surface area (Å²) in [5, 5.41) is 11.0. The van der Waals surface area contributed by atoms with E-state index in [1.165, 1.54) is 5.56 Å². The SMILES string of the molecule is COc1cccc(CCNc2ccc(N)c3nonc23)c1.